The fourth-order valence-corrected chi connectivity index (χ4v) is 3.11. The first kappa shape index (κ1) is 17.9. The summed E-state index contributed by atoms with van der Waals surface area (Å²) in [5.74, 6) is -1.27. The first-order valence-corrected chi connectivity index (χ1v) is 8.45. The van der Waals surface area contributed by atoms with Crippen LogP contribution in [0.2, 0.25) is 0 Å². The van der Waals surface area contributed by atoms with Crippen LogP contribution >= 0.6 is 0 Å². The van der Waals surface area contributed by atoms with Crippen LogP contribution in [-0.4, -0.2) is 56.1 Å². The summed E-state index contributed by atoms with van der Waals surface area (Å²) in [6.07, 6.45) is 2.34. The van der Waals surface area contributed by atoms with Crippen molar-refractivity contribution < 1.29 is 14.1 Å². The number of likely N-dealkylation sites (N-methyl/N-ethyl adjacent to an activating group) is 2. The van der Waals surface area contributed by atoms with Gasteiger partial charge in [0.05, 0.1) is 6.04 Å². The fraction of sp³-hybridized carbons (Fsp3) is 0.389. The van der Waals surface area contributed by atoms with Crippen LogP contribution in [0.15, 0.2) is 35.1 Å². The minimum Gasteiger partial charge on any atom is -0.374 e. The molecule has 0 bridgehead atoms. The molecule has 0 unspecified atom stereocenters. The van der Waals surface area contributed by atoms with Gasteiger partial charge in [0.2, 0.25) is 0 Å². The van der Waals surface area contributed by atoms with Crippen molar-refractivity contribution in [1.29, 1.82) is 0 Å². The van der Waals surface area contributed by atoms with Gasteiger partial charge in [-0.05, 0) is 37.7 Å². The molecule has 1 aliphatic heterocycles. The van der Waals surface area contributed by atoms with E-state index in [4.69, 9.17) is 0 Å². The Labute approximate surface area is 152 Å². The highest BCUT2D eigenvalue weighted by atomic mass is 16.5. The number of nitrogens with one attached hydrogen (secondary N) is 2. The monoisotopic (exact) mass is 357 g/mol. The van der Waals surface area contributed by atoms with Crippen LogP contribution in [0.4, 0.5) is 11.5 Å². The van der Waals surface area contributed by atoms with Gasteiger partial charge < -0.3 is 19.6 Å². The number of benzene rings is 1. The molecule has 2 N–H and O–H groups in total. The van der Waals surface area contributed by atoms with E-state index in [9.17, 15) is 9.59 Å². The van der Waals surface area contributed by atoms with Gasteiger partial charge in [0, 0.05) is 31.9 Å². The van der Waals surface area contributed by atoms with Crippen molar-refractivity contribution in [1.82, 2.24) is 15.4 Å². The molecule has 2 aromatic rings. The second kappa shape index (κ2) is 7.57. The van der Waals surface area contributed by atoms with Crippen LogP contribution in [0, 0.1) is 0 Å². The predicted octanol–water partition coefficient (Wildman–Crippen LogP) is 1.02. The molecule has 0 fully saturated rings. The summed E-state index contributed by atoms with van der Waals surface area (Å²) in [7, 11) is 5.99. The van der Waals surface area contributed by atoms with E-state index in [0.29, 0.717) is 6.54 Å². The number of carbonyl (C=O) groups is 2. The van der Waals surface area contributed by atoms with E-state index in [1.54, 1.807) is 0 Å². The zero-order valence-electron chi connectivity index (χ0n) is 15.2. The summed E-state index contributed by atoms with van der Waals surface area (Å²) in [6.45, 7) is 1.34. The summed E-state index contributed by atoms with van der Waals surface area (Å²) in [5.41, 5.74) is 3.68. The molecule has 8 nitrogen and oxygen atoms in total. The molecule has 8 heteroatoms. The average molecular weight is 357 g/mol. The molecule has 3 rings (SSSR count). The van der Waals surface area contributed by atoms with E-state index in [0.717, 1.165) is 18.5 Å². The van der Waals surface area contributed by atoms with Gasteiger partial charge >= 0.3 is 11.8 Å². The van der Waals surface area contributed by atoms with E-state index in [-0.39, 0.29) is 11.9 Å². The van der Waals surface area contributed by atoms with E-state index in [1.807, 2.05) is 19.0 Å². The number of fused-ring (bicyclic) bond motifs is 1. The average Bonchev–Trinajstić information content (AvgIpc) is 3.24. The largest absolute Gasteiger partial charge is 0.374 e. The molecule has 2 heterocycles. The first-order chi connectivity index (χ1) is 12.5. The summed E-state index contributed by atoms with van der Waals surface area (Å²) in [4.78, 5) is 28.2. The third kappa shape index (κ3) is 3.85. The standard InChI is InChI=1S/C18H23N5O3/c1-22(2)15(12-4-5-14-13(10-12)6-8-23(14)3)11-19-17(24)18(25)20-16-7-9-26-21-16/h4-5,7,9-10,15H,6,8,11H2,1-3H3,(H,19,24)(H,20,21,25)/t15-/m0/s1. The van der Waals surface area contributed by atoms with Crippen molar-refractivity contribution >= 4 is 23.3 Å². The maximum absolute atomic E-state index is 12.1. The number of hydrogen-bond donors (Lipinski definition) is 2. The van der Waals surface area contributed by atoms with E-state index < -0.39 is 11.8 Å². The van der Waals surface area contributed by atoms with Gasteiger partial charge in [-0.15, -0.1) is 0 Å². The molecular formula is C18H23N5O3. The lowest BCUT2D eigenvalue weighted by molar-refractivity contribution is -0.136. The molecule has 0 spiro atoms. The fourth-order valence-electron chi connectivity index (χ4n) is 3.11. The minimum absolute atomic E-state index is 0.0324. The Balaban J connectivity index is 1.64. The number of anilines is 2. The van der Waals surface area contributed by atoms with Gasteiger partial charge in [-0.2, -0.15) is 0 Å². The quantitative estimate of drug-likeness (QED) is 0.777. The van der Waals surface area contributed by atoms with Crippen LogP contribution in [0.25, 0.3) is 0 Å². The van der Waals surface area contributed by atoms with E-state index >= 15 is 0 Å². The third-order valence-corrected chi connectivity index (χ3v) is 4.58. The number of hydrogen-bond acceptors (Lipinski definition) is 6. The molecule has 1 aromatic carbocycles. The Hall–Kier alpha value is -2.87. The van der Waals surface area contributed by atoms with Crippen molar-refractivity contribution in [2.24, 2.45) is 0 Å². The SMILES string of the molecule is CN1CCc2cc([C@H](CNC(=O)C(=O)Nc3ccon3)N(C)C)ccc21. The van der Waals surface area contributed by atoms with Gasteiger partial charge in [-0.1, -0.05) is 17.3 Å². The maximum Gasteiger partial charge on any atom is 0.314 e. The van der Waals surface area contributed by atoms with E-state index in [1.165, 1.54) is 23.6 Å². The van der Waals surface area contributed by atoms with Crippen LogP contribution in [0.5, 0.6) is 0 Å². The van der Waals surface area contributed by atoms with Gasteiger partial charge in [0.1, 0.15) is 6.26 Å². The highest BCUT2D eigenvalue weighted by Gasteiger charge is 2.22. The molecule has 0 aliphatic carbocycles. The van der Waals surface area contributed by atoms with Crippen LogP contribution < -0.4 is 15.5 Å². The molecule has 1 atom stereocenters. The topological polar surface area (TPSA) is 90.7 Å². The zero-order chi connectivity index (χ0) is 18.7. The lowest BCUT2D eigenvalue weighted by Crippen LogP contribution is -2.40. The zero-order valence-corrected chi connectivity index (χ0v) is 15.2. The smallest absolute Gasteiger partial charge is 0.314 e. The van der Waals surface area contributed by atoms with Crippen LogP contribution in [0.1, 0.15) is 17.2 Å². The second-order valence-electron chi connectivity index (χ2n) is 6.59. The summed E-state index contributed by atoms with van der Waals surface area (Å²) in [6, 6.07) is 7.82. The normalized spacial score (nSPS) is 14.2. The maximum atomic E-state index is 12.1. The number of amides is 2. The molecule has 0 radical (unpaired) electrons. The van der Waals surface area contributed by atoms with Gasteiger partial charge in [-0.25, -0.2) is 0 Å². The van der Waals surface area contributed by atoms with Crippen molar-refractivity contribution in [3.05, 3.63) is 41.7 Å². The molecule has 26 heavy (non-hydrogen) atoms. The highest BCUT2D eigenvalue weighted by Crippen LogP contribution is 2.30. The van der Waals surface area contributed by atoms with Crippen molar-refractivity contribution in [2.45, 2.75) is 12.5 Å². The van der Waals surface area contributed by atoms with Crippen LogP contribution in [-0.2, 0) is 16.0 Å². The van der Waals surface area contributed by atoms with Gasteiger partial charge in [0.15, 0.2) is 5.82 Å². The number of aromatic nitrogens is 1. The van der Waals surface area contributed by atoms with Crippen molar-refractivity contribution in [3.63, 3.8) is 0 Å². The lowest BCUT2D eigenvalue weighted by Gasteiger charge is -2.25. The predicted molar refractivity (Wildman–Crippen MR) is 98.0 cm³/mol. The lowest BCUT2D eigenvalue weighted by atomic mass is 10.0. The molecule has 0 saturated carbocycles. The number of carbonyl (C=O) groups excluding carboxylic acids is 2. The van der Waals surface area contributed by atoms with Gasteiger partial charge in [0.25, 0.3) is 0 Å². The van der Waals surface area contributed by atoms with Crippen LogP contribution in [0.3, 0.4) is 0 Å². The molecule has 138 valence electrons. The Morgan fingerprint density at radius 2 is 2.12 bits per heavy atom. The summed E-state index contributed by atoms with van der Waals surface area (Å²) >= 11 is 0. The minimum atomic E-state index is -0.771. The molecule has 1 aliphatic rings. The van der Waals surface area contributed by atoms with E-state index in [2.05, 4.69) is 50.5 Å². The Morgan fingerprint density at radius 3 is 2.81 bits per heavy atom. The number of rotatable bonds is 5. The van der Waals surface area contributed by atoms with Crippen molar-refractivity contribution in [2.75, 3.05) is 44.4 Å². The molecular weight excluding hydrogens is 334 g/mol. The highest BCUT2D eigenvalue weighted by molar-refractivity contribution is 6.39. The summed E-state index contributed by atoms with van der Waals surface area (Å²) in [5, 5.41) is 8.62. The Bertz CT molecular complexity index is 788. The molecule has 0 saturated heterocycles. The third-order valence-electron chi connectivity index (χ3n) is 4.58. The second-order valence-corrected chi connectivity index (χ2v) is 6.59. The van der Waals surface area contributed by atoms with Crippen molar-refractivity contribution in [3.8, 4) is 0 Å². The first-order valence-electron chi connectivity index (χ1n) is 8.45. The summed E-state index contributed by atoms with van der Waals surface area (Å²) < 4.78 is 4.62. The number of nitrogens with zero attached hydrogens (tertiary/aromatic N) is 3. The Morgan fingerprint density at radius 1 is 1.31 bits per heavy atom. The Kier molecular flexibility index (Phi) is 5.22. The van der Waals surface area contributed by atoms with Gasteiger partial charge in [-0.3, -0.25) is 14.9 Å². The molecule has 1 aromatic heterocycles. The molecule has 2 amide bonds.